The summed E-state index contributed by atoms with van der Waals surface area (Å²) in [6, 6.07) is 0. The Hall–Kier alpha value is -6.97. The van der Waals surface area contributed by atoms with Crippen molar-refractivity contribution in [3.63, 3.8) is 0 Å². The Morgan fingerprint density at radius 1 is 0.226 bits per heavy atom. The topological polar surface area (TPSA) is 404 Å². The van der Waals surface area contributed by atoms with Gasteiger partial charge in [-0.15, -0.1) is 0 Å². The monoisotopic (exact) mass is 1390 g/mol. The van der Waals surface area contributed by atoms with E-state index in [1.54, 1.807) is 85.8 Å². The molecule has 0 radical (unpaired) electrons. The lowest BCUT2D eigenvalue weighted by Crippen LogP contribution is -2.15. The molecule has 0 amide bonds. The summed E-state index contributed by atoms with van der Waals surface area (Å²) in [5.74, 6) is -2.23. The summed E-state index contributed by atoms with van der Waals surface area (Å²) in [6.07, 6.45) is 0.881. The third-order valence-corrected chi connectivity index (χ3v) is 9.83. The van der Waals surface area contributed by atoms with Crippen LogP contribution in [-0.4, -0.2) is 240 Å². The summed E-state index contributed by atoms with van der Waals surface area (Å²) in [7, 11) is 6.47. The minimum absolute atomic E-state index is 0.0625. The molecule has 0 atom stereocenters. The summed E-state index contributed by atoms with van der Waals surface area (Å²) in [6.45, 7) is 30.3. The number of hydrogen-bond donors (Lipinski definition) is 0. The van der Waals surface area contributed by atoms with Gasteiger partial charge in [0.1, 0.15) is 50.6 Å². The van der Waals surface area contributed by atoms with Crippen molar-refractivity contribution in [3.8, 4) is 0 Å². The van der Waals surface area contributed by atoms with Crippen molar-refractivity contribution in [2.24, 2.45) is 0 Å². The first-order valence-electron chi connectivity index (χ1n) is 29.6. The average molecular weight is 1390 g/mol. The van der Waals surface area contributed by atoms with Gasteiger partial charge >= 0.3 is 77.6 Å². The zero-order valence-electron chi connectivity index (χ0n) is 58.6. The zero-order chi connectivity index (χ0) is 74.1. The van der Waals surface area contributed by atoms with E-state index in [9.17, 15) is 71.9 Å². The summed E-state index contributed by atoms with van der Waals surface area (Å²) in [5.41, 5.74) is 0. The Bertz CT molecular complexity index is 1780. The molecule has 0 N–H and O–H groups in total. The number of ketones is 2. The highest BCUT2D eigenvalue weighted by Crippen LogP contribution is 1.99. The first kappa shape index (κ1) is 108. The van der Waals surface area contributed by atoms with E-state index in [-0.39, 0.29) is 113 Å². The van der Waals surface area contributed by atoms with Gasteiger partial charge in [0.2, 0.25) is 0 Å². The normalized spacial score (nSPS) is 8.86. The molecule has 0 aromatic carbocycles. The number of ether oxygens (including phenoxy) is 16. The number of carbonyl (C=O) groups excluding carboxylic acids is 15. The van der Waals surface area contributed by atoms with E-state index in [0.717, 1.165) is 11.5 Å². The van der Waals surface area contributed by atoms with Gasteiger partial charge < -0.3 is 75.8 Å². The molecule has 0 aliphatic heterocycles. The van der Waals surface area contributed by atoms with Gasteiger partial charge in [0.15, 0.2) is 13.2 Å². The Balaban J connectivity index is -0.000000103. The number of rotatable bonds is 35. The van der Waals surface area contributed by atoms with E-state index >= 15 is 0 Å². The summed E-state index contributed by atoms with van der Waals surface area (Å²) < 4.78 is 72.0. The van der Waals surface area contributed by atoms with Crippen LogP contribution >= 0.6 is 23.5 Å². The van der Waals surface area contributed by atoms with Crippen LogP contribution in [0.1, 0.15) is 149 Å². The molecular weight excluding hydrogens is 1280 g/mol. The van der Waals surface area contributed by atoms with Crippen molar-refractivity contribution >= 4 is 113 Å². The highest BCUT2D eigenvalue weighted by Gasteiger charge is 2.10. The van der Waals surface area contributed by atoms with Crippen LogP contribution < -0.4 is 0 Å². The van der Waals surface area contributed by atoms with Crippen LogP contribution in [0, 0.1) is 0 Å². The van der Waals surface area contributed by atoms with Crippen LogP contribution in [0.4, 0.5) is 0 Å². The maximum atomic E-state index is 10.6. The first-order valence-corrected chi connectivity index (χ1v) is 31.9. The Kier molecular flexibility index (Phi) is 106. The van der Waals surface area contributed by atoms with Gasteiger partial charge in [0, 0.05) is 45.5 Å². The van der Waals surface area contributed by atoms with Crippen molar-refractivity contribution < 1.29 is 148 Å². The molecule has 93 heavy (non-hydrogen) atoms. The van der Waals surface area contributed by atoms with Gasteiger partial charge in [0.05, 0.1) is 86.7 Å². The lowest BCUT2D eigenvalue weighted by molar-refractivity contribution is -0.158. The predicted molar refractivity (Wildman–Crippen MR) is 342 cm³/mol. The molecule has 0 spiro atoms. The number of Topliss-reactive ketones (excluding diaryl/α,β-unsaturated/α-hetero) is 2. The molecule has 0 fully saturated rings. The van der Waals surface area contributed by atoms with Crippen LogP contribution in [0.2, 0.25) is 0 Å². The molecule has 0 heterocycles. The Labute approximate surface area is 558 Å². The summed E-state index contributed by atoms with van der Waals surface area (Å²) in [5, 5.41) is 0. The minimum atomic E-state index is -0.571. The van der Waals surface area contributed by atoms with Crippen LogP contribution in [0.5, 0.6) is 0 Å². The van der Waals surface area contributed by atoms with E-state index in [2.05, 4.69) is 61.6 Å². The van der Waals surface area contributed by atoms with E-state index in [1.165, 1.54) is 35.5 Å². The third kappa shape index (κ3) is 116. The van der Waals surface area contributed by atoms with Crippen LogP contribution in [-0.2, 0) is 148 Å². The second-order valence-corrected chi connectivity index (χ2v) is 17.8. The van der Waals surface area contributed by atoms with Crippen LogP contribution in [0.3, 0.4) is 0 Å². The molecule has 0 bridgehead atoms. The van der Waals surface area contributed by atoms with Crippen molar-refractivity contribution in [2.45, 2.75) is 149 Å². The molecule has 548 valence electrons. The Morgan fingerprint density at radius 2 is 0.473 bits per heavy atom. The van der Waals surface area contributed by atoms with E-state index in [1.807, 2.05) is 41.5 Å². The number of hydrogen-bond acceptors (Lipinski definition) is 33. The molecule has 31 nitrogen and oxygen atoms in total. The third-order valence-electron chi connectivity index (χ3n) is 8.13. The lowest BCUT2D eigenvalue weighted by atomic mass is 10.2. The largest absolute Gasteiger partial charge is 0.469 e. The van der Waals surface area contributed by atoms with Crippen molar-refractivity contribution in [3.05, 3.63) is 0 Å². The maximum absolute atomic E-state index is 10.6. The fraction of sp³-hybridized carbons (Fsp3) is 0.750. The highest BCUT2D eigenvalue weighted by molar-refractivity contribution is 8.00. The molecule has 0 saturated heterocycles. The number of thioether (sulfide) groups is 2. The summed E-state index contributed by atoms with van der Waals surface area (Å²) >= 11 is 3.15. The van der Waals surface area contributed by atoms with Crippen LogP contribution in [0.15, 0.2) is 0 Å². The minimum Gasteiger partial charge on any atom is -0.469 e. The SMILES string of the molecule is CCC(=O)CC(=O)OC.CCC(=O)OCC(=O)OC.CCOC(=O)CC(=O)CC.CCOC(=O)CC(=O)OC.CCOC(=O)COC(=O)CC.CCOC(=O)CSCC.CCOCC(=O)OC.CCOCC(=O)OCC.CCOCC(=O)OCC.CCSCC(=O)OC. The quantitative estimate of drug-likeness (QED) is 0.0413. The van der Waals surface area contributed by atoms with Gasteiger partial charge in [0.25, 0.3) is 0 Å². The Morgan fingerprint density at radius 3 is 0.763 bits per heavy atom. The molecule has 0 aromatic rings. The number of carbonyl (C=O) groups is 15. The second-order valence-electron chi connectivity index (χ2n) is 15.2. The van der Waals surface area contributed by atoms with Gasteiger partial charge in [-0.2, -0.15) is 23.5 Å². The average Bonchev–Trinajstić information content (AvgIpc) is 3.66. The second kappa shape index (κ2) is 91.4. The number of esters is 13. The fourth-order valence-corrected chi connectivity index (χ4v) is 4.60. The molecule has 0 aromatic heterocycles. The predicted octanol–water partition coefficient (Wildman–Crippen LogP) is 5.76. The van der Waals surface area contributed by atoms with E-state index in [0.29, 0.717) is 77.2 Å². The van der Waals surface area contributed by atoms with Crippen molar-refractivity contribution in [1.82, 2.24) is 0 Å². The molecular formula is C60H110O31S2. The molecule has 0 saturated carbocycles. The van der Waals surface area contributed by atoms with Crippen LogP contribution in [0.25, 0.3) is 0 Å². The fourth-order valence-electron chi connectivity index (χ4n) is 3.66. The standard InChI is InChI=1S/C7H12O4.C7H12O3.2C6H10O4.C6H10O3.2C6H12O3.C6H12O2S.C5H10O3.C5H10O2S/c1-3-6(8)11-5-7(9)10-4-2;1-3-6(8)5-7(9)10-4-2;1-3-10-6(8)4-5(7)9-2;1-3-5(7)10-4-6(8)9-2;1-3-5(7)4-6(8)9-2;2*1-3-8-5-6(7)9-4-2;1-3-8-6(7)5-9-4-2;2*1-3-8-4-5(6)7-2/h3-5H2,1-2H3;3-5H2,1-2H3;2*3-4H2,1-2H3;3-4H2,1-2H3;3*3-5H2,1-2H3;2*3-4H2,1-2H3. The van der Waals surface area contributed by atoms with E-state index in [4.69, 9.17) is 14.2 Å². The molecule has 0 aliphatic carbocycles. The van der Waals surface area contributed by atoms with Crippen molar-refractivity contribution in [2.75, 3.05) is 151 Å². The van der Waals surface area contributed by atoms with Gasteiger partial charge in [-0.05, 0) is 73.8 Å². The number of methoxy groups -OCH3 is 5. The van der Waals surface area contributed by atoms with E-state index < -0.39 is 47.8 Å². The summed E-state index contributed by atoms with van der Waals surface area (Å²) in [4.78, 5) is 157. The maximum Gasteiger partial charge on any atom is 0.344 e. The zero-order valence-corrected chi connectivity index (χ0v) is 60.3. The molecule has 0 rings (SSSR count). The molecule has 0 unspecified atom stereocenters. The van der Waals surface area contributed by atoms with Crippen molar-refractivity contribution in [1.29, 1.82) is 0 Å². The van der Waals surface area contributed by atoms with Gasteiger partial charge in [-0.3, -0.25) is 47.9 Å². The smallest absolute Gasteiger partial charge is 0.344 e. The highest BCUT2D eigenvalue weighted by atomic mass is 32.2. The molecule has 33 heteroatoms. The van der Waals surface area contributed by atoms with Gasteiger partial charge in [-0.25, -0.2) is 24.0 Å². The van der Waals surface area contributed by atoms with Gasteiger partial charge in [-0.1, -0.05) is 41.5 Å². The first-order chi connectivity index (χ1) is 44.0. The molecule has 0 aliphatic rings. The lowest BCUT2D eigenvalue weighted by Gasteiger charge is -2.01.